The number of hydrogen-bond acceptors (Lipinski definition) is 2. The average Bonchev–Trinajstić information content (AvgIpc) is 3.07. The van der Waals surface area contributed by atoms with Gasteiger partial charge in [0.25, 0.3) is 0 Å². The highest BCUT2D eigenvalue weighted by atomic mass is 16.2. The molecule has 5 nitrogen and oxygen atoms in total. The maximum Gasteiger partial charge on any atom is 0.225 e. The Balaban J connectivity index is 1.30. The van der Waals surface area contributed by atoms with Crippen molar-refractivity contribution in [3.63, 3.8) is 0 Å². The number of hydrogen-bond donors (Lipinski definition) is 1. The molecule has 2 saturated heterocycles. The molecule has 1 atom stereocenters. The maximum absolute atomic E-state index is 12.7. The molecule has 2 fully saturated rings. The van der Waals surface area contributed by atoms with Crippen LogP contribution in [0.1, 0.15) is 44.1 Å². The molecular formula is C23H31N3O2. The van der Waals surface area contributed by atoms with E-state index in [1.165, 1.54) is 10.9 Å². The highest BCUT2D eigenvalue weighted by Gasteiger charge is 2.34. The normalized spacial score (nSPS) is 21.9. The van der Waals surface area contributed by atoms with Gasteiger partial charge in [-0.3, -0.25) is 9.59 Å². The van der Waals surface area contributed by atoms with Crippen molar-refractivity contribution in [1.82, 2.24) is 14.8 Å². The summed E-state index contributed by atoms with van der Waals surface area (Å²) in [5, 5.41) is 1.21. The summed E-state index contributed by atoms with van der Waals surface area (Å²) in [6, 6.07) is 8.24. The van der Waals surface area contributed by atoms with Gasteiger partial charge in [-0.2, -0.15) is 0 Å². The van der Waals surface area contributed by atoms with Crippen LogP contribution in [0.25, 0.3) is 10.9 Å². The van der Waals surface area contributed by atoms with Crippen LogP contribution in [-0.4, -0.2) is 53.3 Å². The van der Waals surface area contributed by atoms with Crippen molar-refractivity contribution in [3.8, 4) is 0 Å². The summed E-state index contributed by atoms with van der Waals surface area (Å²) in [7, 11) is 1.93. The zero-order chi connectivity index (χ0) is 19.5. The molecule has 3 heterocycles. The van der Waals surface area contributed by atoms with Gasteiger partial charge in [0.1, 0.15) is 0 Å². The molecule has 0 unspecified atom stereocenters. The molecule has 4 rings (SSSR count). The molecule has 1 N–H and O–H groups in total. The minimum Gasteiger partial charge on any atom is -0.361 e. The van der Waals surface area contributed by atoms with Crippen molar-refractivity contribution >= 4 is 22.7 Å². The Kier molecular flexibility index (Phi) is 5.69. The fourth-order valence-corrected chi connectivity index (χ4v) is 4.96. The highest BCUT2D eigenvalue weighted by Crippen LogP contribution is 2.32. The number of nitrogens with one attached hydrogen (secondary N) is 1. The Hall–Kier alpha value is -2.30. The molecule has 0 spiro atoms. The number of amides is 2. The summed E-state index contributed by atoms with van der Waals surface area (Å²) in [6.45, 7) is 2.48. The van der Waals surface area contributed by atoms with E-state index in [4.69, 9.17) is 0 Å². The van der Waals surface area contributed by atoms with Gasteiger partial charge < -0.3 is 14.8 Å². The SMILES string of the molecule is CN1CCCC[C@@H](C2CCN(C(=O)CCc3c[nH]c4ccccc34)CC2)C1=O. The van der Waals surface area contributed by atoms with E-state index in [-0.39, 0.29) is 11.8 Å². The van der Waals surface area contributed by atoms with Gasteiger partial charge in [-0.25, -0.2) is 0 Å². The molecule has 0 saturated carbocycles. The quantitative estimate of drug-likeness (QED) is 0.880. The molecular weight excluding hydrogens is 350 g/mol. The summed E-state index contributed by atoms with van der Waals surface area (Å²) in [5.74, 6) is 1.16. The molecule has 2 aliphatic rings. The van der Waals surface area contributed by atoms with E-state index in [1.54, 1.807) is 0 Å². The number of carbonyl (C=O) groups excluding carboxylic acids is 2. The number of nitrogens with zero attached hydrogens (tertiary/aromatic N) is 2. The summed E-state index contributed by atoms with van der Waals surface area (Å²) >= 11 is 0. The fourth-order valence-electron chi connectivity index (χ4n) is 4.96. The van der Waals surface area contributed by atoms with Crippen LogP contribution in [0.15, 0.2) is 30.5 Å². The van der Waals surface area contributed by atoms with Crippen LogP contribution < -0.4 is 0 Å². The molecule has 0 bridgehead atoms. The second kappa shape index (κ2) is 8.38. The minimum atomic E-state index is 0.163. The van der Waals surface area contributed by atoms with Gasteiger partial charge in [0.2, 0.25) is 11.8 Å². The predicted octanol–water partition coefficient (Wildman–Crippen LogP) is 3.60. The number of para-hydroxylation sites is 1. The van der Waals surface area contributed by atoms with Crippen molar-refractivity contribution in [2.24, 2.45) is 11.8 Å². The Labute approximate surface area is 167 Å². The topological polar surface area (TPSA) is 56.4 Å². The summed E-state index contributed by atoms with van der Waals surface area (Å²) in [6.07, 6.45) is 8.55. The minimum absolute atomic E-state index is 0.163. The van der Waals surface area contributed by atoms with Gasteiger partial charge >= 0.3 is 0 Å². The number of H-pyrrole nitrogens is 1. The molecule has 2 aliphatic heterocycles. The third-order valence-corrected chi connectivity index (χ3v) is 6.70. The lowest BCUT2D eigenvalue weighted by Gasteiger charge is -2.36. The molecule has 150 valence electrons. The van der Waals surface area contributed by atoms with Crippen LogP contribution in [0.4, 0.5) is 0 Å². The predicted molar refractivity (Wildman–Crippen MR) is 111 cm³/mol. The summed E-state index contributed by atoms with van der Waals surface area (Å²) in [4.78, 5) is 32.6. The second-order valence-electron chi connectivity index (χ2n) is 8.44. The summed E-state index contributed by atoms with van der Waals surface area (Å²) in [5.41, 5.74) is 2.34. The Morgan fingerprint density at radius 2 is 1.89 bits per heavy atom. The van der Waals surface area contributed by atoms with Gasteiger partial charge in [-0.05, 0) is 49.7 Å². The van der Waals surface area contributed by atoms with Crippen LogP contribution >= 0.6 is 0 Å². The van der Waals surface area contributed by atoms with E-state index in [9.17, 15) is 9.59 Å². The maximum atomic E-state index is 12.7. The molecule has 0 aliphatic carbocycles. The van der Waals surface area contributed by atoms with E-state index in [2.05, 4.69) is 17.1 Å². The van der Waals surface area contributed by atoms with Crippen LogP contribution in [0.3, 0.4) is 0 Å². The molecule has 5 heteroatoms. The smallest absolute Gasteiger partial charge is 0.225 e. The zero-order valence-corrected chi connectivity index (χ0v) is 16.8. The van der Waals surface area contributed by atoms with Crippen molar-refractivity contribution in [2.45, 2.75) is 44.9 Å². The van der Waals surface area contributed by atoms with E-state index >= 15 is 0 Å². The second-order valence-corrected chi connectivity index (χ2v) is 8.44. The Morgan fingerprint density at radius 3 is 2.71 bits per heavy atom. The molecule has 28 heavy (non-hydrogen) atoms. The number of aromatic nitrogens is 1. The van der Waals surface area contributed by atoms with Gasteiger partial charge in [0, 0.05) is 56.1 Å². The van der Waals surface area contributed by atoms with Crippen molar-refractivity contribution < 1.29 is 9.59 Å². The third-order valence-electron chi connectivity index (χ3n) is 6.70. The Morgan fingerprint density at radius 1 is 1.11 bits per heavy atom. The largest absolute Gasteiger partial charge is 0.361 e. The number of likely N-dealkylation sites (tertiary alicyclic amines) is 2. The molecule has 2 aromatic rings. The van der Waals surface area contributed by atoms with Crippen molar-refractivity contribution in [3.05, 3.63) is 36.0 Å². The van der Waals surface area contributed by atoms with Crippen LogP contribution in [0.5, 0.6) is 0 Å². The number of benzene rings is 1. The lowest BCUT2D eigenvalue weighted by atomic mass is 9.81. The lowest BCUT2D eigenvalue weighted by Crippen LogP contribution is -2.43. The number of rotatable bonds is 4. The average molecular weight is 382 g/mol. The van der Waals surface area contributed by atoms with Crippen LogP contribution in [-0.2, 0) is 16.0 Å². The zero-order valence-electron chi connectivity index (χ0n) is 16.8. The molecule has 1 aromatic carbocycles. The third kappa shape index (κ3) is 3.94. The fraction of sp³-hybridized carbons (Fsp3) is 0.565. The Bertz CT molecular complexity index is 835. The van der Waals surface area contributed by atoms with E-state index < -0.39 is 0 Å². The lowest BCUT2D eigenvalue weighted by molar-refractivity contribution is -0.137. The standard InChI is InChI=1S/C23H31N3O2/c1-25-13-5-4-7-20(23(25)28)17-11-14-26(15-12-17)22(27)10-9-18-16-24-21-8-3-2-6-19(18)21/h2-3,6,8,16-17,20,24H,4-5,7,9-15H2,1H3/t20-/m0/s1. The van der Waals surface area contributed by atoms with Crippen molar-refractivity contribution in [2.75, 3.05) is 26.7 Å². The van der Waals surface area contributed by atoms with E-state index in [0.29, 0.717) is 18.2 Å². The monoisotopic (exact) mass is 381 g/mol. The van der Waals surface area contributed by atoms with Gasteiger partial charge in [0.05, 0.1) is 0 Å². The van der Waals surface area contributed by atoms with E-state index in [1.807, 2.05) is 35.2 Å². The first kappa shape index (κ1) is 19.0. The number of aromatic amines is 1. The van der Waals surface area contributed by atoms with Crippen LogP contribution in [0.2, 0.25) is 0 Å². The highest BCUT2D eigenvalue weighted by molar-refractivity contribution is 5.84. The first-order valence-corrected chi connectivity index (χ1v) is 10.7. The van der Waals surface area contributed by atoms with Gasteiger partial charge in [0.15, 0.2) is 0 Å². The van der Waals surface area contributed by atoms with E-state index in [0.717, 1.165) is 63.7 Å². The summed E-state index contributed by atoms with van der Waals surface area (Å²) < 4.78 is 0. The number of piperidine rings is 1. The van der Waals surface area contributed by atoms with Gasteiger partial charge in [-0.1, -0.05) is 24.6 Å². The van der Waals surface area contributed by atoms with Crippen molar-refractivity contribution in [1.29, 1.82) is 0 Å². The first-order valence-electron chi connectivity index (χ1n) is 10.7. The molecule has 0 radical (unpaired) electrons. The molecule has 2 amide bonds. The first-order chi connectivity index (χ1) is 13.6. The number of fused-ring (bicyclic) bond motifs is 1. The van der Waals surface area contributed by atoms with Gasteiger partial charge in [-0.15, -0.1) is 0 Å². The van der Waals surface area contributed by atoms with Crippen LogP contribution in [0, 0.1) is 11.8 Å². The number of aryl methyl sites for hydroxylation is 1. The molecule has 1 aromatic heterocycles. The number of carbonyl (C=O) groups is 2.